The fourth-order valence-electron chi connectivity index (χ4n) is 2.36. The SMILES string of the molecule is C[C@@]1(O)CC[C@@](COS(C)(=O)=O)(c2ccccc2)NC1=O. The quantitative estimate of drug-likeness (QED) is 0.791. The lowest BCUT2D eigenvalue weighted by Gasteiger charge is -2.42. The molecule has 2 N–H and O–H groups in total. The van der Waals surface area contributed by atoms with Crippen molar-refractivity contribution in [2.24, 2.45) is 0 Å². The fourth-order valence-corrected chi connectivity index (χ4v) is 2.77. The molecular formula is C14H19NO5S. The molecule has 0 aromatic heterocycles. The molecule has 1 saturated heterocycles. The van der Waals surface area contributed by atoms with Crippen molar-refractivity contribution in [3.63, 3.8) is 0 Å². The second-order valence-corrected chi connectivity index (χ2v) is 7.29. The molecule has 1 heterocycles. The van der Waals surface area contributed by atoms with Crippen LogP contribution in [0, 0.1) is 0 Å². The first-order valence-electron chi connectivity index (χ1n) is 6.60. The molecule has 1 aromatic carbocycles. The van der Waals surface area contributed by atoms with Crippen LogP contribution in [0.3, 0.4) is 0 Å². The maximum atomic E-state index is 12.1. The zero-order valence-corrected chi connectivity index (χ0v) is 12.8. The Hall–Kier alpha value is -1.44. The summed E-state index contributed by atoms with van der Waals surface area (Å²) in [4.78, 5) is 12.1. The maximum Gasteiger partial charge on any atom is 0.264 e. The number of carbonyl (C=O) groups is 1. The number of hydrogen-bond donors (Lipinski definition) is 2. The number of carbonyl (C=O) groups excluding carboxylic acids is 1. The average Bonchev–Trinajstić information content (AvgIpc) is 2.41. The summed E-state index contributed by atoms with van der Waals surface area (Å²) in [7, 11) is -3.63. The van der Waals surface area contributed by atoms with Crippen molar-refractivity contribution >= 4 is 16.0 Å². The third kappa shape index (κ3) is 3.61. The third-order valence-electron chi connectivity index (χ3n) is 3.73. The van der Waals surface area contributed by atoms with Gasteiger partial charge in [-0.05, 0) is 25.3 Å². The van der Waals surface area contributed by atoms with Gasteiger partial charge in [0.2, 0.25) is 0 Å². The largest absolute Gasteiger partial charge is 0.380 e. The number of benzene rings is 1. The first-order valence-corrected chi connectivity index (χ1v) is 8.41. The molecule has 0 aliphatic carbocycles. The van der Waals surface area contributed by atoms with Crippen LogP contribution >= 0.6 is 0 Å². The van der Waals surface area contributed by atoms with Crippen LogP contribution in [0.5, 0.6) is 0 Å². The number of aliphatic hydroxyl groups is 1. The lowest BCUT2D eigenvalue weighted by Crippen LogP contribution is -2.61. The van der Waals surface area contributed by atoms with Crippen LogP contribution < -0.4 is 5.32 Å². The minimum absolute atomic E-state index is 0.197. The predicted octanol–water partition coefficient (Wildman–Crippen LogP) is 0.519. The van der Waals surface area contributed by atoms with Crippen LogP contribution in [-0.4, -0.2) is 37.9 Å². The summed E-state index contributed by atoms with van der Waals surface area (Å²) < 4.78 is 27.5. The molecule has 1 amide bonds. The Labute approximate surface area is 124 Å². The van der Waals surface area contributed by atoms with Gasteiger partial charge in [-0.15, -0.1) is 0 Å². The number of piperidine rings is 1. The highest BCUT2D eigenvalue weighted by Crippen LogP contribution is 2.35. The van der Waals surface area contributed by atoms with Gasteiger partial charge >= 0.3 is 0 Å². The minimum atomic E-state index is -3.63. The molecule has 116 valence electrons. The van der Waals surface area contributed by atoms with Crippen molar-refractivity contribution in [2.75, 3.05) is 12.9 Å². The van der Waals surface area contributed by atoms with E-state index in [0.29, 0.717) is 6.42 Å². The highest BCUT2D eigenvalue weighted by Gasteiger charge is 2.46. The standard InChI is InChI=1S/C14H19NO5S/c1-13(17)8-9-14(15-12(13)16,10-20-21(2,18)19)11-6-4-3-5-7-11/h3-7,17H,8-10H2,1-2H3,(H,15,16)/t13-,14-/m1/s1. The van der Waals surface area contributed by atoms with Gasteiger partial charge in [0.1, 0.15) is 5.60 Å². The summed E-state index contributed by atoms with van der Waals surface area (Å²) in [5.41, 5.74) is -1.66. The van der Waals surface area contributed by atoms with E-state index in [-0.39, 0.29) is 13.0 Å². The molecule has 2 rings (SSSR count). The zero-order chi connectivity index (χ0) is 15.7. The molecule has 1 aliphatic heterocycles. The molecule has 6 nitrogen and oxygen atoms in total. The van der Waals surface area contributed by atoms with Gasteiger partial charge in [-0.1, -0.05) is 30.3 Å². The minimum Gasteiger partial charge on any atom is -0.380 e. The van der Waals surface area contributed by atoms with E-state index in [1.165, 1.54) is 6.92 Å². The predicted molar refractivity (Wildman–Crippen MR) is 76.9 cm³/mol. The van der Waals surface area contributed by atoms with Crippen molar-refractivity contribution < 1.29 is 22.5 Å². The number of hydrogen-bond acceptors (Lipinski definition) is 5. The number of nitrogens with one attached hydrogen (secondary N) is 1. The third-order valence-corrected chi connectivity index (χ3v) is 4.27. The molecule has 0 radical (unpaired) electrons. The lowest BCUT2D eigenvalue weighted by molar-refractivity contribution is -0.147. The summed E-state index contributed by atoms with van der Waals surface area (Å²) in [5.74, 6) is -0.533. The first kappa shape index (κ1) is 15.9. The van der Waals surface area contributed by atoms with Crippen molar-refractivity contribution in [1.29, 1.82) is 0 Å². The molecule has 0 saturated carbocycles. The second kappa shape index (κ2) is 5.40. The Morgan fingerprint density at radius 3 is 2.43 bits per heavy atom. The second-order valence-electron chi connectivity index (χ2n) is 5.64. The van der Waals surface area contributed by atoms with Crippen LogP contribution in [0.4, 0.5) is 0 Å². The van der Waals surface area contributed by atoms with E-state index in [1.54, 1.807) is 24.3 Å². The van der Waals surface area contributed by atoms with Crippen molar-refractivity contribution in [3.8, 4) is 0 Å². The normalized spacial score (nSPS) is 30.0. The molecule has 0 bridgehead atoms. The number of amides is 1. The summed E-state index contributed by atoms with van der Waals surface area (Å²) in [6, 6.07) is 9.03. The Bertz CT molecular complexity index is 626. The van der Waals surface area contributed by atoms with Crippen LogP contribution in [-0.2, 0) is 24.6 Å². The van der Waals surface area contributed by atoms with E-state index in [1.807, 2.05) is 6.07 Å². The Morgan fingerprint density at radius 1 is 1.29 bits per heavy atom. The van der Waals surface area contributed by atoms with Crippen molar-refractivity contribution in [3.05, 3.63) is 35.9 Å². The van der Waals surface area contributed by atoms with E-state index in [4.69, 9.17) is 4.18 Å². The molecular weight excluding hydrogens is 294 g/mol. The molecule has 1 aromatic rings. The molecule has 0 unspecified atom stereocenters. The first-order chi connectivity index (χ1) is 9.65. The Balaban J connectivity index is 2.34. The van der Waals surface area contributed by atoms with Crippen LogP contribution in [0.25, 0.3) is 0 Å². The van der Waals surface area contributed by atoms with Crippen molar-refractivity contribution in [2.45, 2.75) is 30.9 Å². The van der Waals surface area contributed by atoms with Gasteiger partial charge in [0, 0.05) is 0 Å². The van der Waals surface area contributed by atoms with Gasteiger partial charge in [0.15, 0.2) is 0 Å². The average molecular weight is 313 g/mol. The van der Waals surface area contributed by atoms with Crippen LogP contribution in [0.2, 0.25) is 0 Å². The van der Waals surface area contributed by atoms with Crippen LogP contribution in [0.1, 0.15) is 25.3 Å². The van der Waals surface area contributed by atoms with Gasteiger partial charge in [-0.25, -0.2) is 0 Å². The van der Waals surface area contributed by atoms with E-state index >= 15 is 0 Å². The van der Waals surface area contributed by atoms with Gasteiger partial charge in [-0.3, -0.25) is 8.98 Å². The highest BCUT2D eigenvalue weighted by atomic mass is 32.2. The van der Waals surface area contributed by atoms with Crippen molar-refractivity contribution in [1.82, 2.24) is 5.32 Å². The van der Waals surface area contributed by atoms with E-state index in [0.717, 1.165) is 11.8 Å². The molecule has 2 atom stereocenters. The molecule has 7 heteroatoms. The summed E-state index contributed by atoms with van der Waals surface area (Å²) in [6.07, 6.45) is 1.57. The molecule has 0 spiro atoms. The Kier molecular flexibility index (Phi) is 4.10. The summed E-state index contributed by atoms with van der Waals surface area (Å²) in [6.45, 7) is 1.24. The van der Waals surface area contributed by atoms with E-state index in [2.05, 4.69) is 5.32 Å². The smallest absolute Gasteiger partial charge is 0.264 e. The van der Waals surface area contributed by atoms with Gasteiger partial charge in [0.25, 0.3) is 16.0 Å². The highest BCUT2D eigenvalue weighted by molar-refractivity contribution is 7.85. The Morgan fingerprint density at radius 2 is 1.90 bits per heavy atom. The van der Waals surface area contributed by atoms with Gasteiger partial charge in [-0.2, -0.15) is 8.42 Å². The number of rotatable bonds is 4. The molecule has 1 aliphatic rings. The molecule has 1 fully saturated rings. The summed E-state index contributed by atoms with van der Waals surface area (Å²) in [5, 5.41) is 12.7. The monoisotopic (exact) mass is 313 g/mol. The van der Waals surface area contributed by atoms with E-state index < -0.39 is 27.2 Å². The fraction of sp³-hybridized carbons (Fsp3) is 0.500. The zero-order valence-electron chi connectivity index (χ0n) is 12.0. The van der Waals surface area contributed by atoms with Gasteiger partial charge in [0.05, 0.1) is 18.4 Å². The van der Waals surface area contributed by atoms with Gasteiger partial charge < -0.3 is 10.4 Å². The molecule has 21 heavy (non-hydrogen) atoms. The lowest BCUT2D eigenvalue weighted by atomic mass is 9.78. The maximum absolute atomic E-state index is 12.1. The van der Waals surface area contributed by atoms with Crippen LogP contribution in [0.15, 0.2) is 30.3 Å². The topological polar surface area (TPSA) is 92.7 Å². The van der Waals surface area contributed by atoms with E-state index in [9.17, 15) is 18.3 Å². The summed E-state index contributed by atoms with van der Waals surface area (Å²) >= 11 is 0.